The predicted octanol–water partition coefficient (Wildman–Crippen LogP) is 2.94. The third-order valence-corrected chi connectivity index (χ3v) is 3.45. The number of ether oxygens (including phenoxy) is 2. The summed E-state index contributed by atoms with van der Waals surface area (Å²) in [6.45, 7) is 1.98. The number of pyridine rings is 1. The van der Waals surface area contributed by atoms with Crippen molar-refractivity contribution in [1.82, 2.24) is 4.98 Å². The smallest absolute Gasteiger partial charge is 0.161 e. The van der Waals surface area contributed by atoms with Crippen LogP contribution in [0.3, 0.4) is 0 Å². The normalized spacial score (nSPS) is 13.6. The summed E-state index contributed by atoms with van der Waals surface area (Å²) in [7, 11) is 3.17. The molecule has 1 aromatic carbocycles. The largest absolute Gasteiger partial charge is 0.493 e. The Hall–Kier alpha value is -2.07. The number of hydrogen-bond acceptors (Lipinski definition) is 4. The van der Waals surface area contributed by atoms with E-state index < -0.39 is 6.10 Å². The number of aliphatic hydroxyl groups excluding tert-OH is 1. The van der Waals surface area contributed by atoms with E-state index in [-0.39, 0.29) is 5.92 Å². The van der Waals surface area contributed by atoms with Crippen LogP contribution in [0.1, 0.15) is 30.1 Å². The lowest BCUT2D eigenvalue weighted by Crippen LogP contribution is -2.08. The average Bonchev–Trinajstić information content (AvgIpc) is 2.53. The second-order valence-corrected chi connectivity index (χ2v) is 4.63. The molecule has 1 heterocycles. The Morgan fingerprint density at radius 3 is 2.20 bits per heavy atom. The van der Waals surface area contributed by atoms with Crippen LogP contribution < -0.4 is 9.47 Å². The van der Waals surface area contributed by atoms with E-state index in [0.29, 0.717) is 11.5 Å². The van der Waals surface area contributed by atoms with Crippen LogP contribution in [0, 0.1) is 0 Å². The first-order valence-corrected chi connectivity index (χ1v) is 6.47. The fourth-order valence-electron chi connectivity index (χ4n) is 2.17. The van der Waals surface area contributed by atoms with Gasteiger partial charge in [0.1, 0.15) is 0 Å². The summed E-state index contributed by atoms with van der Waals surface area (Å²) in [4.78, 5) is 3.99. The van der Waals surface area contributed by atoms with Crippen molar-refractivity contribution < 1.29 is 14.6 Å². The number of methoxy groups -OCH3 is 2. The minimum absolute atomic E-state index is 0.0314. The van der Waals surface area contributed by atoms with Crippen LogP contribution in [0.25, 0.3) is 0 Å². The molecule has 0 aliphatic carbocycles. The minimum atomic E-state index is -0.614. The van der Waals surface area contributed by atoms with E-state index in [1.54, 1.807) is 38.7 Å². The maximum atomic E-state index is 10.5. The molecule has 1 N–H and O–H groups in total. The van der Waals surface area contributed by atoms with Crippen LogP contribution in [-0.2, 0) is 0 Å². The molecule has 2 aromatic rings. The first-order chi connectivity index (χ1) is 9.67. The highest BCUT2D eigenvalue weighted by Gasteiger charge is 2.19. The predicted molar refractivity (Wildman–Crippen MR) is 77.2 cm³/mol. The molecular formula is C16H19NO3. The summed E-state index contributed by atoms with van der Waals surface area (Å²) in [6.07, 6.45) is 2.84. The number of rotatable bonds is 5. The summed E-state index contributed by atoms with van der Waals surface area (Å²) in [5.41, 5.74) is 1.84. The van der Waals surface area contributed by atoms with Gasteiger partial charge < -0.3 is 14.6 Å². The maximum absolute atomic E-state index is 10.5. The molecule has 2 unspecified atom stereocenters. The summed E-state index contributed by atoms with van der Waals surface area (Å²) >= 11 is 0. The fourth-order valence-corrected chi connectivity index (χ4v) is 2.17. The number of benzene rings is 1. The SMILES string of the molecule is COc1ccc(C(O)C(C)c2ccncc2)cc1OC. The molecule has 0 radical (unpaired) electrons. The average molecular weight is 273 g/mol. The highest BCUT2D eigenvalue weighted by atomic mass is 16.5. The highest BCUT2D eigenvalue weighted by Crippen LogP contribution is 2.35. The van der Waals surface area contributed by atoms with Crippen LogP contribution in [0.15, 0.2) is 42.7 Å². The third kappa shape index (κ3) is 2.91. The summed E-state index contributed by atoms with van der Waals surface area (Å²) in [6, 6.07) is 9.28. The van der Waals surface area contributed by atoms with Crippen LogP contribution in [-0.4, -0.2) is 24.3 Å². The topological polar surface area (TPSA) is 51.6 Å². The first-order valence-electron chi connectivity index (χ1n) is 6.47. The van der Waals surface area contributed by atoms with Gasteiger partial charge in [-0.1, -0.05) is 13.0 Å². The van der Waals surface area contributed by atoms with Crippen molar-refractivity contribution in [2.24, 2.45) is 0 Å². The molecule has 106 valence electrons. The molecule has 0 saturated carbocycles. The lowest BCUT2D eigenvalue weighted by Gasteiger charge is -2.20. The van der Waals surface area contributed by atoms with Gasteiger partial charge in [0.25, 0.3) is 0 Å². The van der Waals surface area contributed by atoms with E-state index in [4.69, 9.17) is 9.47 Å². The maximum Gasteiger partial charge on any atom is 0.161 e. The van der Waals surface area contributed by atoms with Gasteiger partial charge in [-0.3, -0.25) is 4.98 Å². The Labute approximate surface area is 119 Å². The van der Waals surface area contributed by atoms with Gasteiger partial charge in [0.2, 0.25) is 0 Å². The summed E-state index contributed by atoms with van der Waals surface area (Å²) in [5, 5.41) is 10.5. The quantitative estimate of drug-likeness (QED) is 0.910. The lowest BCUT2D eigenvalue weighted by molar-refractivity contribution is 0.151. The molecule has 4 nitrogen and oxygen atoms in total. The second-order valence-electron chi connectivity index (χ2n) is 4.63. The first kappa shape index (κ1) is 14.3. The number of nitrogens with zero attached hydrogens (tertiary/aromatic N) is 1. The Morgan fingerprint density at radius 1 is 0.950 bits per heavy atom. The van der Waals surface area contributed by atoms with Crippen molar-refractivity contribution in [3.8, 4) is 11.5 Å². The van der Waals surface area contributed by atoms with Gasteiger partial charge in [-0.15, -0.1) is 0 Å². The third-order valence-electron chi connectivity index (χ3n) is 3.45. The zero-order valence-corrected chi connectivity index (χ0v) is 11.9. The number of hydrogen-bond donors (Lipinski definition) is 1. The lowest BCUT2D eigenvalue weighted by atomic mass is 9.91. The van der Waals surface area contributed by atoms with E-state index in [1.807, 2.05) is 25.1 Å². The Balaban J connectivity index is 2.27. The van der Waals surface area contributed by atoms with Crippen LogP contribution in [0.2, 0.25) is 0 Å². The zero-order chi connectivity index (χ0) is 14.5. The van der Waals surface area contributed by atoms with E-state index in [0.717, 1.165) is 11.1 Å². The van der Waals surface area contributed by atoms with Gasteiger partial charge in [-0.25, -0.2) is 0 Å². The molecule has 0 bridgehead atoms. The number of aromatic nitrogens is 1. The summed E-state index contributed by atoms with van der Waals surface area (Å²) < 4.78 is 10.5. The van der Waals surface area contributed by atoms with Crippen molar-refractivity contribution in [2.75, 3.05) is 14.2 Å². The van der Waals surface area contributed by atoms with Crippen molar-refractivity contribution in [3.63, 3.8) is 0 Å². The van der Waals surface area contributed by atoms with Crippen LogP contribution in [0.5, 0.6) is 11.5 Å². The Bertz CT molecular complexity index is 557. The van der Waals surface area contributed by atoms with Gasteiger partial charge in [0, 0.05) is 18.3 Å². The molecular weight excluding hydrogens is 254 g/mol. The molecule has 4 heteroatoms. The zero-order valence-electron chi connectivity index (χ0n) is 11.9. The van der Waals surface area contributed by atoms with Crippen molar-refractivity contribution in [1.29, 1.82) is 0 Å². The molecule has 20 heavy (non-hydrogen) atoms. The van der Waals surface area contributed by atoms with E-state index >= 15 is 0 Å². The van der Waals surface area contributed by atoms with E-state index in [2.05, 4.69) is 4.98 Å². The van der Waals surface area contributed by atoms with Crippen molar-refractivity contribution in [3.05, 3.63) is 53.9 Å². The minimum Gasteiger partial charge on any atom is -0.493 e. The van der Waals surface area contributed by atoms with Gasteiger partial charge in [0.05, 0.1) is 20.3 Å². The molecule has 0 aliphatic rings. The van der Waals surface area contributed by atoms with Crippen molar-refractivity contribution >= 4 is 0 Å². The van der Waals surface area contributed by atoms with Gasteiger partial charge in [-0.05, 0) is 35.4 Å². The molecule has 2 rings (SSSR count). The van der Waals surface area contributed by atoms with Crippen molar-refractivity contribution in [2.45, 2.75) is 18.9 Å². The molecule has 0 saturated heterocycles. The Morgan fingerprint density at radius 2 is 1.60 bits per heavy atom. The highest BCUT2D eigenvalue weighted by molar-refractivity contribution is 5.44. The van der Waals surface area contributed by atoms with E-state index in [9.17, 15) is 5.11 Å². The van der Waals surface area contributed by atoms with Gasteiger partial charge >= 0.3 is 0 Å². The van der Waals surface area contributed by atoms with E-state index in [1.165, 1.54) is 0 Å². The molecule has 0 amide bonds. The van der Waals surface area contributed by atoms with Crippen LogP contribution >= 0.6 is 0 Å². The second kappa shape index (κ2) is 6.39. The molecule has 0 fully saturated rings. The molecule has 2 atom stereocenters. The molecule has 0 spiro atoms. The monoisotopic (exact) mass is 273 g/mol. The molecule has 1 aromatic heterocycles. The fraction of sp³-hybridized carbons (Fsp3) is 0.312. The van der Waals surface area contributed by atoms with Crippen LogP contribution in [0.4, 0.5) is 0 Å². The van der Waals surface area contributed by atoms with Gasteiger partial charge in [0.15, 0.2) is 11.5 Å². The molecule has 0 aliphatic heterocycles. The van der Waals surface area contributed by atoms with Gasteiger partial charge in [-0.2, -0.15) is 0 Å². The standard InChI is InChI=1S/C16H19NO3/c1-11(12-6-8-17-9-7-12)16(18)13-4-5-14(19-2)15(10-13)20-3/h4-11,16,18H,1-3H3. The summed E-state index contributed by atoms with van der Waals surface area (Å²) in [5.74, 6) is 1.24. The number of aliphatic hydroxyl groups is 1. The Kier molecular flexibility index (Phi) is 4.58.